The summed E-state index contributed by atoms with van der Waals surface area (Å²) in [6.07, 6.45) is 3.76. The molecule has 0 rings (SSSR count). The average Bonchev–Trinajstić information content (AvgIpc) is 2.61. The van der Waals surface area contributed by atoms with E-state index in [-0.39, 0.29) is 7.43 Å². The van der Waals surface area contributed by atoms with Crippen molar-refractivity contribution < 1.29 is 16.5 Å². The van der Waals surface area contributed by atoms with Crippen LogP contribution in [0.15, 0.2) is 12.7 Å². The van der Waals surface area contributed by atoms with Crippen molar-refractivity contribution in [2.24, 2.45) is 17.2 Å². The van der Waals surface area contributed by atoms with Crippen LogP contribution in [-0.4, -0.2) is 71.5 Å². The summed E-state index contributed by atoms with van der Waals surface area (Å²) in [6.45, 7) is 32.0. The third kappa shape index (κ3) is 32.7. The van der Waals surface area contributed by atoms with Crippen molar-refractivity contribution in [1.29, 1.82) is 0 Å². The molecule has 0 unspecified atom stereocenters. The van der Waals surface area contributed by atoms with Crippen molar-refractivity contribution in [3.05, 3.63) is 12.7 Å². The van der Waals surface area contributed by atoms with Crippen LogP contribution < -0.4 is 17.2 Å². The molecule has 0 aromatic heterocycles. The van der Waals surface area contributed by atoms with E-state index < -0.39 is 51.8 Å². The SMILES string of the molecule is C.C=CCN.C[SiH](C)O[Si](C)(C)O[SiH](C)C.C[Si](C)(CCCN)O[Si](C)(C)O[Si](C)(C)CCCN. The second-order valence-electron chi connectivity index (χ2n) is 11.2. The Kier molecular flexibility index (Phi) is 26.5. The molecule has 0 aliphatic heterocycles. The molecular formula is C22H65N3O4Si6. The molecule has 0 spiro atoms. The molecule has 0 fully saturated rings. The highest BCUT2D eigenvalue weighted by molar-refractivity contribution is 6.87. The summed E-state index contributed by atoms with van der Waals surface area (Å²) < 4.78 is 24.6. The molecule has 216 valence electrons. The molecule has 0 heterocycles. The van der Waals surface area contributed by atoms with Gasteiger partial charge in [-0.3, -0.25) is 0 Å². The van der Waals surface area contributed by atoms with Gasteiger partial charge in [-0.2, -0.15) is 0 Å². The molecule has 0 amide bonds. The molecule has 0 radical (unpaired) electrons. The Labute approximate surface area is 228 Å². The molecular weight excluding hydrogens is 539 g/mol. The lowest BCUT2D eigenvalue weighted by Crippen LogP contribution is -2.52. The first kappa shape index (κ1) is 42.8. The monoisotopic (exact) mass is 603 g/mol. The summed E-state index contributed by atoms with van der Waals surface area (Å²) >= 11 is 0. The van der Waals surface area contributed by atoms with E-state index in [1.807, 2.05) is 0 Å². The second kappa shape index (κ2) is 21.7. The van der Waals surface area contributed by atoms with Crippen LogP contribution in [0.2, 0.25) is 90.7 Å². The van der Waals surface area contributed by atoms with Gasteiger partial charge in [0.25, 0.3) is 0 Å². The third-order valence-corrected chi connectivity index (χ3v) is 24.0. The third-order valence-electron chi connectivity index (χ3n) is 4.22. The van der Waals surface area contributed by atoms with Gasteiger partial charge >= 0.3 is 17.1 Å². The maximum atomic E-state index is 6.45. The zero-order valence-electron chi connectivity index (χ0n) is 24.8. The molecule has 35 heavy (non-hydrogen) atoms. The van der Waals surface area contributed by atoms with Crippen molar-refractivity contribution in [2.45, 2.75) is 111 Å². The molecule has 0 saturated heterocycles. The van der Waals surface area contributed by atoms with Crippen molar-refractivity contribution >= 4 is 51.8 Å². The van der Waals surface area contributed by atoms with Gasteiger partial charge in [0, 0.05) is 6.54 Å². The van der Waals surface area contributed by atoms with Crippen LogP contribution in [0.5, 0.6) is 0 Å². The number of nitrogens with two attached hydrogens (primary N) is 3. The van der Waals surface area contributed by atoms with Crippen LogP contribution in [0, 0.1) is 0 Å². The number of hydrogen-bond acceptors (Lipinski definition) is 7. The summed E-state index contributed by atoms with van der Waals surface area (Å²) in [4.78, 5) is 0. The minimum Gasteiger partial charge on any atom is -0.440 e. The van der Waals surface area contributed by atoms with Crippen LogP contribution in [0.4, 0.5) is 0 Å². The molecule has 0 bridgehead atoms. The summed E-state index contributed by atoms with van der Waals surface area (Å²) in [6, 6.07) is 2.24. The molecule has 6 N–H and O–H groups in total. The van der Waals surface area contributed by atoms with Crippen LogP contribution in [-0.2, 0) is 16.5 Å². The maximum Gasteiger partial charge on any atom is 0.311 e. The van der Waals surface area contributed by atoms with Gasteiger partial charge in [0.05, 0.1) is 0 Å². The fourth-order valence-electron chi connectivity index (χ4n) is 3.67. The summed E-state index contributed by atoms with van der Waals surface area (Å²) in [5.74, 6) is 0. The molecule has 0 aliphatic rings. The minimum absolute atomic E-state index is 0. The van der Waals surface area contributed by atoms with Crippen molar-refractivity contribution in [3.63, 3.8) is 0 Å². The molecule has 0 aromatic rings. The first-order chi connectivity index (χ1) is 15.3. The lowest BCUT2D eigenvalue weighted by molar-refractivity contribution is 0.387. The van der Waals surface area contributed by atoms with E-state index in [4.69, 9.17) is 33.7 Å². The van der Waals surface area contributed by atoms with Crippen molar-refractivity contribution in [1.82, 2.24) is 0 Å². The Morgan fingerprint density at radius 1 is 0.657 bits per heavy atom. The standard InChI is InChI=1S/C12H34N2O2Si3.C6H20O2Si3.C3H7N.CH4/c1-17(2,11-7-9-13)15-19(5,6)16-18(3,4)12-8-10-14;1-9(2)7-11(5,6)8-10(3)4;1-2-3-4;/h7-14H2,1-6H3;9-10H,1-6H3;2H,1,3-4H2;1H4. The van der Waals surface area contributed by atoms with E-state index in [9.17, 15) is 0 Å². The summed E-state index contributed by atoms with van der Waals surface area (Å²) in [5.41, 5.74) is 16.1. The Morgan fingerprint density at radius 2 is 0.943 bits per heavy atom. The lowest BCUT2D eigenvalue weighted by Gasteiger charge is -2.38. The largest absolute Gasteiger partial charge is 0.440 e. The van der Waals surface area contributed by atoms with E-state index in [0.29, 0.717) is 6.54 Å². The fraction of sp³-hybridized carbons (Fsp3) is 0.909. The van der Waals surface area contributed by atoms with Gasteiger partial charge < -0.3 is 33.7 Å². The maximum absolute atomic E-state index is 6.45. The van der Waals surface area contributed by atoms with Gasteiger partial charge in [-0.05, 0) is 117 Å². The van der Waals surface area contributed by atoms with E-state index >= 15 is 0 Å². The highest BCUT2D eigenvalue weighted by atomic mass is 28.5. The van der Waals surface area contributed by atoms with Gasteiger partial charge in [0.2, 0.25) is 0 Å². The van der Waals surface area contributed by atoms with Crippen LogP contribution in [0.3, 0.4) is 0 Å². The van der Waals surface area contributed by atoms with E-state index in [0.717, 1.165) is 38.0 Å². The predicted molar refractivity (Wildman–Crippen MR) is 175 cm³/mol. The Bertz CT molecular complexity index is 476. The zero-order chi connectivity index (χ0) is 27.6. The smallest absolute Gasteiger partial charge is 0.311 e. The topological polar surface area (TPSA) is 115 Å². The normalized spacial score (nSPS) is 12.4. The van der Waals surface area contributed by atoms with Crippen LogP contribution in [0.25, 0.3) is 0 Å². The quantitative estimate of drug-likeness (QED) is 0.172. The first-order valence-electron chi connectivity index (χ1n) is 12.8. The van der Waals surface area contributed by atoms with Crippen LogP contribution in [0.1, 0.15) is 20.3 Å². The lowest BCUT2D eigenvalue weighted by atomic mass is 10.5. The highest BCUT2D eigenvalue weighted by Gasteiger charge is 2.39. The molecule has 7 nitrogen and oxygen atoms in total. The van der Waals surface area contributed by atoms with Gasteiger partial charge in [0.15, 0.2) is 34.7 Å². The van der Waals surface area contributed by atoms with Gasteiger partial charge in [-0.1, -0.05) is 13.5 Å². The molecule has 0 atom stereocenters. The zero-order valence-corrected chi connectivity index (χ0v) is 31.1. The number of rotatable bonds is 15. The van der Waals surface area contributed by atoms with Gasteiger partial charge in [0.1, 0.15) is 0 Å². The highest BCUT2D eigenvalue weighted by Crippen LogP contribution is 2.25. The minimum atomic E-state index is -2.03. The van der Waals surface area contributed by atoms with Gasteiger partial charge in [-0.25, -0.2) is 0 Å². The van der Waals surface area contributed by atoms with E-state index in [2.05, 4.69) is 85.1 Å². The van der Waals surface area contributed by atoms with Crippen LogP contribution >= 0.6 is 0 Å². The number of hydrogen-bond donors (Lipinski definition) is 3. The predicted octanol–water partition coefficient (Wildman–Crippen LogP) is 5.28. The van der Waals surface area contributed by atoms with E-state index in [1.165, 1.54) is 0 Å². The summed E-state index contributed by atoms with van der Waals surface area (Å²) in [7, 11) is -8.80. The molecule has 0 saturated carbocycles. The van der Waals surface area contributed by atoms with Gasteiger partial charge in [-0.15, -0.1) is 6.58 Å². The van der Waals surface area contributed by atoms with E-state index in [1.54, 1.807) is 6.08 Å². The molecule has 0 aromatic carbocycles. The van der Waals surface area contributed by atoms with Crippen molar-refractivity contribution in [2.75, 3.05) is 19.6 Å². The summed E-state index contributed by atoms with van der Waals surface area (Å²) in [5, 5.41) is 0. The fourth-order valence-corrected chi connectivity index (χ4v) is 27.6. The first-order valence-corrected chi connectivity index (χ1v) is 30.2. The Balaban J connectivity index is -0.000000254. The Morgan fingerprint density at radius 3 is 1.14 bits per heavy atom. The molecule has 13 heteroatoms. The average molecular weight is 604 g/mol. The molecule has 0 aliphatic carbocycles. The second-order valence-corrected chi connectivity index (χ2v) is 32.5. The Hall–Kier alpha value is 0.761. The van der Waals surface area contributed by atoms with Crippen molar-refractivity contribution in [3.8, 4) is 0 Å².